The van der Waals surface area contributed by atoms with Gasteiger partial charge in [0.15, 0.2) is 0 Å². The summed E-state index contributed by atoms with van der Waals surface area (Å²) in [7, 11) is 0. The number of aromatic nitrogens is 2. The first-order valence-corrected chi connectivity index (χ1v) is 4.09. The monoisotopic (exact) mass is 184 g/mol. The molecule has 4 nitrogen and oxygen atoms in total. The molecule has 0 amide bonds. The second kappa shape index (κ2) is 3.23. The van der Waals surface area contributed by atoms with Gasteiger partial charge in [0.1, 0.15) is 0 Å². The molecular formula is C10H8N4. The van der Waals surface area contributed by atoms with Gasteiger partial charge in [0.2, 0.25) is 0 Å². The zero-order valence-electron chi connectivity index (χ0n) is 7.38. The Balaban J connectivity index is 2.52. The van der Waals surface area contributed by atoms with Gasteiger partial charge in [0.25, 0.3) is 0 Å². The molecule has 0 aliphatic carbocycles. The normalized spacial score (nSPS) is 9.64. The molecular weight excluding hydrogens is 176 g/mol. The summed E-state index contributed by atoms with van der Waals surface area (Å²) in [5.41, 5.74) is 7.76. The van der Waals surface area contributed by atoms with Crippen LogP contribution in [0.2, 0.25) is 0 Å². The van der Waals surface area contributed by atoms with Crippen molar-refractivity contribution in [2.24, 2.45) is 0 Å². The van der Waals surface area contributed by atoms with Crippen molar-refractivity contribution in [1.82, 2.24) is 9.55 Å². The number of nitrogen functional groups attached to an aromatic ring is 1. The zero-order valence-corrected chi connectivity index (χ0v) is 7.38. The standard InChI is InChI=1S/C10H8N4/c11-6-8-1-2-10(9(12)5-8)14-4-3-13-7-14/h1-5,7H,12H2. The van der Waals surface area contributed by atoms with E-state index in [4.69, 9.17) is 11.0 Å². The summed E-state index contributed by atoms with van der Waals surface area (Å²) in [6, 6.07) is 7.21. The van der Waals surface area contributed by atoms with Crippen LogP contribution in [0.5, 0.6) is 0 Å². The summed E-state index contributed by atoms with van der Waals surface area (Å²) >= 11 is 0. The molecule has 0 saturated carbocycles. The molecule has 0 fully saturated rings. The Bertz CT molecular complexity index is 479. The molecule has 2 N–H and O–H groups in total. The van der Waals surface area contributed by atoms with Crippen LogP contribution >= 0.6 is 0 Å². The Morgan fingerprint density at radius 3 is 2.86 bits per heavy atom. The molecule has 1 aromatic heterocycles. The lowest BCUT2D eigenvalue weighted by atomic mass is 10.2. The Kier molecular flexibility index (Phi) is 1.92. The Morgan fingerprint density at radius 2 is 2.29 bits per heavy atom. The minimum absolute atomic E-state index is 0.561. The van der Waals surface area contributed by atoms with E-state index in [1.807, 2.05) is 6.07 Å². The van der Waals surface area contributed by atoms with Crippen LogP contribution in [0, 0.1) is 11.3 Å². The van der Waals surface area contributed by atoms with Gasteiger partial charge in [-0.2, -0.15) is 5.26 Å². The molecule has 0 spiro atoms. The number of nitrogens with zero attached hydrogens (tertiary/aromatic N) is 3. The van der Waals surface area contributed by atoms with Gasteiger partial charge >= 0.3 is 0 Å². The van der Waals surface area contributed by atoms with Gasteiger partial charge < -0.3 is 10.3 Å². The van der Waals surface area contributed by atoms with Crippen molar-refractivity contribution in [2.45, 2.75) is 0 Å². The quantitative estimate of drug-likeness (QED) is 0.680. The maximum atomic E-state index is 8.66. The molecule has 0 unspecified atom stereocenters. The highest BCUT2D eigenvalue weighted by atomic mass is 15.0. The molecule has 14 heavy (non-hydrogen) atoms. The van der Waals surface area contributed by atoms with Crippen molar-refractivity contribution in [2.75, 3.05) is 5.73 Å². The first-order valence-electron chi connectivity index (χ1n) is 4.09. The van der Waals surface area contributed by atoms with E-state index >= 15 is 0 Å². The van der Waals surface area contributed by atoms with Gasteiger partial charge in [-0.05, 0) is 18.2 Å². The van der Waals surface area contributed by atoms with Crippen LogP contribution in [0.3, 0.4) is 0 Å². The minimum Gasteiger partial charge on any atom is -0.397 e. The Labute approximate surface area is 81.2 Å². The molecule has 4 heteroatoms. The fourth-order valence-corrected chi connectivity index (χ4v) is 1.26. The molecule has 0 aliphatic heterocycles. The summed E-state index contributed by atoms with van der Waals surface area (Å²) in [6.07, 6.45) is 5.15. The highest BCUT2D eigenvalue weighted by Crippen LogP contribution is 2.17. The van der Waals surface area contributed by atoms with E-state index < -0.39 is 0 Å². The molecule has 68 valence electrons. The van der Waals surface area contributed by atoms with Gasteiger partial charge in [0, 0.05) is 12.4 Å². The summed E-state index contributed by atoms with van der Waals surface area (Å²) in [5.74, 6) is 0. The fraction of sp³-hybridized carbons (Fsp3) is 0. The van der Waals surface area contributed by atoms with E-state index in [0.717, 1.165) is 5.69 Å². The lowest BCUT2D eigenvalue weighted by molar-refractivity contribution is 1.06. The van der Waals surface area contributed by atoms with Gasteiger partial charge in [-0.15, -0.1) is 0 Å². The number of rotatable bonds is 1. The van der Waals surface area contributed by atoms with Crippen LogP contribution in [0.25, 0.3) is 5.69 Å². The molecule has 0 aliphatic rings. The third-order valence-corrected chi connectivity index (χ3v) is 1.94. The summed E-state index contributed by atoms with van der Waals surface area (Å²) < 4.78 is 1.80. The fourth-order valence-electron chi connectivity index (χ4n) is 1.26. The zero-order chi connectivity index (χ0) is 9.97. The average molecular weight is 184 g/mol. The van der Waals surface area contributed by atoms with Crippen LogP contribution in [-0.4, -0.2) is 9.55 Å². The number of anilines is 1. The molecule has 0 atom stereocenters. The molecule has 0 saturated heterocycles. The van der Waals surface area contributed by atoms with Crippen molar-refractivity contribution in [1.29, 1.82) is 5.26 Å². The number of imidazole rings is 1. The molecule has 0 bridgehead atoms. The second-order valence-electron chi connectivity index (χ2n) is 2.86. The summed E-state index contributed by atoms with van der Waals surface area (Å²) in [4.78, 5) is 3.92. The van der Waals surface area contributed by atoms with E-state index in [1.54, 1.807) is 41.5 Å². The highest BCUT2D eigenvalue weighted by Gasteiger charge is 2.01. The Hall–Kier alpha value is -2.28. The average Bonchev–Trinajstić information content (AvgIpc) is 2.70. The van der Waals surface area contributed by atoms with E-state index in [2.05, 4.69) is 4.98 Å². The second-order valence-corrected chi connectivity index (χ2v) is 2.86. The topological polar surface area (TPSA) is 67.6 Å². The van der Waals surface area contributed by atoms with E-state index in [-0.39, 0.29) is 0 Å². The first-order chi connectivity index (χ1) is 6.81. The van der Waals surface area contributed by atoms with Crippen molar-refractivity contribution in [3.63, 3.8) is 0 Å². The molecule has 2 aromatic rings. The lowest BCUT2D eigenvalue weighted by Gasteiger charge is -2.05. The van der Waals surface area contributed by atoms with Crippen LogP contribution < -0.4 is 5.73 Å². The summed E-state index contributed by atoms with van der Waals surface area (Å²) in [5, 5.41) is 8.66. The summed E-state index contributed by atoms with van der Waals surface area (Å²) in [6.45, 7) is 0. The van der Waals surface area contributed by atoms with Crippen LogP contribution in [0.15, 0.2) is 36.9 Å². The number of nitriles is 1. The molecule has 1 heterocycles. The maximum absolute atomic E-state index is 8.66. The highest BCUT2D eigenvalue weighted by molar-refractivity contribution is 5.60. The number of nitrogens with two attached hydrogens (primary N) is 1. The van der Waals surface area contributed by atoms with E-state index in [9.17, 15) is 0 Å². The first kappa shape index (κ1) is 8.32. The molecule has 1 aromatic carbocycles. The smallest absolute Gasteiger partial charge is 0.0992 e. The van der Waals surface area contributed by atoms with Crippen molar-refractivity contribution >= 4 is 5.69 Å². The van der Waals surface area contributed by atoms with Gasteiger partial charge in [-0.3, -0.25) is 0 Å². The van der Waals surface area contributed by atoms with Gasteiger partial charge in [-0.1, -0.05) is 0 Å². The third-order valence-electron chi connectivity index (χ3n) is 1.94. The Morgan fingerprint density at radius 1 is 1.43 bits per heavy atom. The van der Waals surface area contributed by atoms with Crippen molar-refractivity contribution < 1.29 is 0 Å². The van der Waals surface area contributed by atoms with Gasteiger partial charge in [-0.25, -0.2) is 4.98 Å². The van der Waals surface area contributed by atoms with Gasteiger partial charge in [0.05, 0.1) is 29.3 Å². The van der Waals surface area contributed by atoms with E-state index in [1.165, 1.54) is 0 Å². The number of hydrogen-bond acceptors (Lipinski definition) is 3. The van der Waals surface area contributed by atoms with Crippen LogP contribution in [-0.2, 0) is 0 Å². The number of benzene rings is 1. The maximum Gasteiger partial charge on any atom is 0.0992 e. The van der Waals surface area contributed by atoms with Crippen molar-refractivity contribution in [3.05, 3.63) is 42.5 Å². The minimum atomic E-state index is 0.561. The van der Waals surface area contributed by atoms with Crippen molar-refractivity contribution in [3.8, 4) is 11.8 Å². The molecule has 2 rings (SSSR count). The largest absolute Gasteiger partial charge is 0.397 e. The SMILES string of the molecule is N#Cc1ccc(-n2ccnc2)c(N)c1. The number of hydrogen-bond donors (Lipinski definition) is 1. The van der Waals surface area contributed by atoms with Crippen LogP contribution in [0.1, 0.15) is 5.56 Å². The van der Waals surface area contributed by atoms with E-state index in [0.29, 0.717) is 11.3 Å². The lowest BCUT2D eigenvalue weighted by Crippen LogP contribution is -1.97. The third kappa shape index (κ3) is 1.31. The molecule has 0 radical (unpaired) electrons. The van der Waals surface area contributed by atoms with Crippen LogP contribution in [0.4, 0.5) is 5.69 Å². The predicted octanol–water partition coefficient (Wildman–Crippen LogP) is 1.33. The predicted molar refractivity (Wildman–Crippen MR) is 52.7 cm³/mol.